The van der Waals surface area contributed by atoms with E-state index in [1.165, 1.54) is 0 Å². The summed E-state index contributed by atoms with van der Waals surface area (Å²) in [7, 11) is 1.63. The quantitative estimate of drug-likeness (QED) is 0.612. The first-order valence-electron chi connectivity index (χ1n) is 8.64. The van der Waals surface area contributed by atoms with Crippen LogP contribution in [-0.2, 0) is 11.2 Å². The van der Waals surface area contributed by atoms with Gasteiger partial charge in [0.15, 0.2) is 0 Å². The van der Waals surface area contributed by atoms with E-state index in [9.17, 15) is 9.59 Å². The molecule has 2 aromatic carbocycles. The number of nitrogens with one attached hydrogen (secondary N) is 2. The molecule has 0 radical (unpaired) electrons. The second-order valence-corrected chi connectivity index (χ2v) is 5.84. The summed E-state index contributed by atoms with van der Waals surface area (Å²) in [5.74, 6) is 0.457. The van der Waals surface area contributed by atoms with Gasteiger partial charge in [0.2, 0.25) is 5.91 Å². The molecule has 0 saturated heterocycles. The zero-order valence-corrected chi connectivity index (χ0v) is 16.2. The average molecular weight is 392 g/mol. The summed E-state index contributed by atoms with van der Waals surface area (Å²) >= 11 is 0. The smallest absolute Gasteiger partial charge is 0.253 e. The molecule has 2 aromatic rings. The lowest BCUT2D eigenvalue weighted by Crippen LogP contribution is -2.29. The van der Waals surface area contributed by atoms with E-state index in [-0.39, 0.29) is 24.2 Å². The molecule has 4 N–H and O–H groups in total. The van der Waals surface area contributed by atoms with Crippen molar-refractivity contribution in [1.29, 1.82) is 0 Å². The van der Waals surface area contributed by atoms with E-state index >= 15 is 0 Å². The number of rotatable bonds is 9. The van der Waals surface area contributed by atoms with Gasteiger partial charge in [-0.1, -0.05) is 24.3 Å². The van der Waals surface area contributed by atoms with Gasteiger partial charge in [0.05, 0.1) is 18.4 Å². The number of halogens is 1. The molecular weight excluding hydrogens is 366 g/mol. The SMILES string of the molecule is COc1ccc(CCCC(=O)Nc2ccccc2C(=O)NCCN)cc1.Cl. The Labute approximate surface area is 165 Å². The van der Waals surface area contributed by atoms with Crippen LogP contribution in [0.15, 0.2) is 48.5 Å². The van der Waals surface area contributed by atoms with E-state index in [4.69, 9.17) is 10.5 Å². The minimum atomic E-state index is -0.246. The molecule has 2 rings (SSSR count). The van der Waals surface area contributed by atoms with Crippen LogP contribution in [0.3, 0.4) is 0 Å². The van der Waals surface area contributed by atoms with E-state index in [2.05, 4.69) is 10.6 Å². The zero-order valence-electron chi connectivity index (χ0n) is 15.4. The molecule has 0 aliphatic rings. The van der Waals surface area contributed by atoms with Gasteiger partial charge in [0.1, 0.15) is 5.75 Å². The maximum absolute atomic E-state index is 12.2. The summed E-state index contributed by atoms with van der Waals surface area (Å²) in [5, 5.41) is 5.53. The lowest BCUT2D eigenvalue weighted by atomic mass is 10.1. The summed E-state index contributed by atoms with van der Waals surface area (Å²) in [6.07, 6.45) is 1.90. The predicted molar refractivity (Wildman–Crippen MR) is 110 cm³/mol. The molecular formula is C20H26ClN3O3. The minimum absolute atomic E-state index is 0. The van der Waals surface area contributed by atoms with Crippen LogP contribution in [0, 0.1) is 0 Å². The minimum Gasteiger partial charge on any atom is -0.497 e. The van der Waals surface area contributed by atoms with Crippen molar-refractivity contribution in [2.24, 2.45) is 5.73 Å². The molecule has 0 aliphatic carbocycles. The third-order valence-corrected chi connectivity index (χ3v) is 3.90. The van der Waals surface area contributed by atoms with Crippen molar-refractivity contribution in [1.82, 2.24) is 5.32 Å². The molecule has 0 spiro atoms. The number of anilines is 1. The van der Waals surface area contributed by atoms with Crippen LogP contribution in [0.25, 0.3) is 0 Å². The second-order valence-electron chi connectivity index (χ2n) is 5.84. The van der Waals surface area contributed by atoms with Gasteiger partial charge < -0.3 is 21.1 Å². The molecule has 2 amide bonds. The van der Waals surface area contributed by atoms with Gasteiger partial charge in [-0.25, -0.2) is 0 Å². The van der Waals surface area contributed by atoms with Gasteiger partial charge in [-0.3, -0.25) is 9.59 Å². The van der Waals surface area contributed by atoms with Crippen molar-refractivity contribution < 1.29 is 14.3 Å². The monoisotopic (exact) mass is 391 g/mol. The number of ether oxygens (including phenoxy) is 1. The summed E-state index contributed by atoms with van der Waals surface area (Å²) in [5.41, 5.74) is 7.50. The lowest BCUT2D eigenvalue weighted by Gasteiger charge is -2.11. The number of hydrogen-bond donors (Lipinski definition) is 3. The van der Waals surface area contributed by atoms with Crippen molar-refractivity contribution in [2.45, 2.75) is 19.3 Å². The Kier molecular flexibility index (Phi) is 9.93. The van der Waals surface area contributed by atoms with E-state index in [0.29, 0.717) is 30.8 Å². The number of benzene rings is 2. The molecule has 0 aromatic heterocycles. The number of methoxy groups -OCH3 is 1. The number of aryl methyl sites for hydroxylation is 1. The predicted octanol–water partition coefficient (Wildman–Crippen LogP) is 2.77. The van der Waals surface area contributed by atoms with Crippen LogP contribution >= 0.6 is 12.4 Å². The Morgan fingerprint density at radius 1 is 1.07 bits per heavy atom. The van der Waals surface area contributed by atoms with E-state index in [0.717, 1.165) is 24.2 Å². The second kappa shape index (κ2) is 11.9. The Balaban J connectivity index is 0.00000364. The summed E-state index contributed by atoms with van der Waals surface area (Å²) < 4.78 is 5.13. The molecule has 0 fully saturated rings. The Bertz CT molecular complexity index is 736. The Morgan fingerprint density at radius 3 is 2.44 bits per heavy atom. The molecule has 0 atom stereocenters. The third kappa shape index (κ3) is 7.29. The lowest BCUT2D eigenvalue weighted by molar-refractivity contribution is -0.116. The largest absolute Gasteiger partial charge is 0.497 e. The highest BCUT2D eigenvalue weighted by molar-refractivity contribution is 6.03. The number of carbonyl (C=O) groups excluding carboxylic acids is 2. The fraction of sp³-hybridized carbons (Fsp3) is 0.300. The first kappa shape index (κ1) is 22.5. The molecule has 6 nitrogen and oxygen atoms in total. The number of carbonyl (C=O) groups is 2. The van der Waals surface area contributed by atoms with Crippen LogP contribution in [0.4, 0.5) is 5.69 Å². The number of amides is 2. The fourth-order valence-corrected chi connectivity index (χ4v) is 2.53. The molecule has 27 heavy (non-hydrogen) atoms. The van der Waals surface area contributed by atoms with Crippen molar-refractivity contribution >= 4 is 29.9 Å². The summed E-state index contributed by atoms with van der Waals surface area (Å²) in [6.45, 7) is 0.759. The summed E-state index contributed by atoms with van der Waals surface area (Å²) in [4.78, 5) is 24.3. The van der Waals surface area contributed by atoms with E-state index in [1.807, 2.05) is 24.3 Å². The van der Waals surface area contributed by atoms with Crippen molar-refractivity contribution in [3.63, 3.8) is 0 Å². The Morgan fingerprint density at radius 2 is 1.78 bits per heavy atom. The molecule has 0 aliphatic heterocycles. The van der Waals surface area contributed by atoms with Crippen molar-refractivity contribution in [2.75, 3.05) is 25.5 Å². The number of para-hydroxylation sites is 1. The van der Waals surface area contributed by atoms with Gasteiger partial charge in [-0.05, 0) is 42.7 Å². The fourth-order valence-electron chi connectivity index (χ4n) is 2.53. The van der Waals surface area contributed by atoms with Crippen molar-refractivity contribution in [3.05, 3.63) is 59.7 Å². The summed E-state index contributed by atoms with van der Waals surface area (Å²) in [6, 6.07) is 14.7. The van der Waals surface area contributed by atoms with Gasteiger partial charge in [-0.15, -0.1) is 12.4 Å². The first-order valence-corrected chi connectivity index (χ1v) is 8.64. The maximum atomic E-state index is 12.2. The third-order valence-electron chi connectivity index (χ3n) is 3.90. The van der Waals surface area contributed by atoms with Gasteiger partial charge in [0, 0.05) is 19.5 Å². The topological polar surface area (TPSA) is 93.4 Å². The van der Waals surface area contributed by atoms with Crippen LogP contribution in [0.1, 0.15) is 28.8 Å². The van der Waals surface area contributed by atoms with E-state index < -0.39 is 0 Å². The van der Waals surface area contributed by atoms with Crippen LogP contribution < -0.4 is 21.1 Å². The van der Waals surface area contributed by atoms with Gasteiger partial charge >= 0.3 is 0 Å². The highest BCUT2D eigenvalue weighted by atomic mass is 35.5. The maximum Gasteiger partial charge on any atom is 0.253 e. The van der Waals surface area contributed by atoms with Crippen molar-refractivity contribution in [3.8, 4) is 5.75 Å². The molecule has 0 unspecified atom stereocenters. The van der Waals surface area contributed by atoms with Gasteiger partial charge in [-0.2, -0.15) is 0 Å². The van der Waals surface area contributed by atoms with E-state index in [1.54, 1.807) is 31.4 Å². The van der Waals surface area contributed by atoms with Gasteiger partial charge in [0.25, 0.3) is 5.91 Å². The molecule has 146 valence electrons. The highest BCUT2D eigenvalue weighted by Crippen LogP contribution is 2.16. The van der Waals surface area contributed by atoms with Crippen LogP contribution in [-0.4, -0.2) is 32.0 Å². The van der Waals surface area contributed by atoms with Crippen LogP contribution in [0.2, 0.25) is 0 Å². The van der Waals surface area contributed by atoms with Crippen LogP contribution in [0.5, 0.6) is 5.75 Å². The Hall–Kier alpha value is -2.57. The average Bonchev–Trinajstić information content (AvgIpc) is 2.67. The molecule has 7 heteroatoms. The first-order chi connectivity index (χ1) is 12.6. The highest BCUT2D eigenvalue weighted by Gasteiger charge is 2.12. The molecule has 0 saturated carbocycles. The number of nitrogens with two attached hydrogens (primary N) is 1. The zero-order chi connectivity index (χ0) is 18.8. The molecule has 0 heterocycles. The molecule has 0 bridgehead atoms. The normalized spacial score (nSPS) is 9.85. The standard InChI is InChI=1S/C20H25N3O3.ClH/c1-26-16-11-9-15(10-12-16)5-4-8-19(24)23-18-7-3-2-6-17(18)20(25)22-14-13-21;/h2-3,6-7,9-12H,4-5,8,13-14,21H2,1H3,(H,22,25)(H,23,24);1H. The number of hydrogen-bond acceptors (Lipinski definition) is 4.